The molecule has 7 nitrogen and oxygen atoms in total. The SMILES string of the molecule is CC/C(=C(\c1ccc(O)cc1)c1ccc(OCC(CN(CC)CC)OC(C)=O)cc1)c1ccc2c(c1)OCO2. The molecule has 1 aliphatic heterocycles. The average Bonchev–Trinajstić information content (AvgIpc) is 3.42. The Morgan fingerprint density at radius 1 is 0.897 bits per heavy atom. The van der Waals surface area contributed by atoms with Gasteiger partial charge in [-0.25, -0.2) is 0 Å². The summed E-state index contributed by atoms with van der Waals surface area (Å²) in [4.78, 5) is 13.8. The number of phenolic OH excluding ortho intramolecular Hbond substituents is 1. The van der Waals surface area contributed by atoms with Crippen LogP contribution >= 0.6 is 0 Å². The first-order valence-corrected chi connectivity index (χ1v) is 13.5. The summed E-state index contributed by atoms with van der Waals surface area (Å²) in [6.07, 6.45) is 0.427. The molecular weight excluding hydrogens is 494 g/mol. The van der Waals surface area contributed by atoms with Crippen molar-refractivity contribution in [3.05, 3.63) is 83.4 Å². The van der Waals surface area contributed by atoms with E-state index in [1.54, 1.807) is 12.1 Å². The molecule has 3 aromatic carbocycles. The van der Waals surface area contributed by atoms with Gasteiger partial charge in [0.25, 0.3) is 0 Å². The van der Waals surface area contributed by atoms with Crippen LogP contribution in [0.2, 0.25) is 0 Å². The number of carbonyl (C=O) groups is 1. The van der Waals surface area contributed by atoms with Gasteiger partial charge in [0.2, 0.25) is 6.79 Å². The lowest BCUT2D eigenvalue weighted by Crippen LogP contribution is -2.38. The van der Waals surface area contributed by atoms with E-state index in [9.17, 15) is 9.90 Å². The number of esters is 1. The number of nitrogens with zero attached hydrogens (tertiary/aromatic N) is 1. The smallest absolute Gasteiger partial charge is 0.303 e. The van der Waals surface area contributed by atoms with Gasteiger partial charge in [0.15, 0.2) is 11.5 Å². The van der Waals surface area contributed by atoms with E-state index in [1.807, 2.05) is 48.5 Å². The van der Waals surface area contributed by atoms with Crippen molar-refractivity contribution in [2.75, 3.05) is 33.0 Å². The van der Waals surface area contributed by atoms with Crippen LogP contribution in [0, 0.1) is 0 Å². The third-order valence-electron chi connectivity index (χ3n) is 6.80. The first kappa shape index (κ1) is 28.0. The predicted octanol–water partition coefficient (Wildman–Crippen LogP) is 6.14. The van der Waals surface area contributed by atoms with E-state index in [-0.39, 0.29) is 31.2 Å². The Bertz CT molecular complexity index is 1280. The minimum Gasteiger partial charge on any atom is -0.508 e. The lowest BCUT2D eigenvalue weighted by Gasteiger charge is -2.25. The highest BCUT2D eigenvalue weighted by molar-refractivity contribution is 5.99. The van der Waals surface area contributed by atoms with E-state index in [0.717, 1.165) is 58.8 Å². The minimum absolute atomic E-state index is 0.218. The maximum absolute atomic E-state index is 11.6. The molecule has 1 atom stereocenters. The highest BCUT2D eigenvalue weighted by Gasteiger charge is 2.19. The lowest BCUT2D eigenvalue weighted by atomic mass is 9.88. The Hall–Kier alpha value is -3.97. The average molecular weight is 532 g/mol. The van der Waals surface area contributed by atoms with Gasteiger partial charge in [-0.3, -0.25) is 4.79 Å². The zero-order valence-electron chi connectivity index (χ0n) is 23.1. The third kappa shape index (κ3) is 7.12. The zero-order chi connectivity index (χ0) is 27.8. The molecule has 0 bridgehead atoms. The Morgan fingerprint density at radius 2 is 1.51 bits per heavy atom. The van der Waals surface area contributed by atoms with Crippen molar-refractivity contribution >= 4 is 17.1 Å². The third-order valence-corrected chi connectivity index (χ3v) is 6.80. The molecule has 0 radical (unpaired) electrons. The molecule has 0 aliphatic carbocycles. The summed E-state index contributed by atoms with van der Waals surface area (Å²) in [6.45, 7) is 10.6. The van der Waals surface area contributed by atoms with E-state index in [4.69, 9.17) is 18.9 Å². The summed E-state index contributed by atoms with van der Waals surface area (Å²) in [6, 6.07) is 21.2. The van der Waals surface area contributed by atoms with Crippen LogP contribution in [0.3, 0.4) is 0 Å². The molecule has 4 rings (SSSR count). The Balaban J connectivity index is 1.63. The van der Waals surface area contributed by atoms with Gasteiger partial charge >= 0.3 is 5.97 Å². The quantitative estimate of drug-likeness (QED) is 0.222. The number of benzene rings is 3. The summed E-state index contributed by atoms with van der Waals surface area (Å²) in [5.41, 5.74) is 5.25. The van der Waals surface area contributed by atoms with Crippen molar-refractivity contribution in [2.45, 2.75) is 40.2 Å². The van der Waals surface area contributed by atoms with Crippen LogP contribution in [0.4, 0.5) is 0 Å². The number of likely N-dealkylation sites (N-methyl/N-ethyl adjacent to an activating group) is 1. The van der Waals surface area contributed by atoms with Gasteiger partial charge in [0.1, 0.15) is 24.2 Å². The lowest BCUT2D eigenvalue weighted by molar-refractivity contribution is -0.148. The Morgan fingerprint density at radius 3 is 2.13 bits per heavy atom. The number of aromatic hydroxyl groups is 1. The molecule has 0 fully saturated rings. The number of hydrogen-bond acceptors (Lipinski definition) is 7. The second-order valence-corrected chi connectivity index (χ2v) is 9.37. The van der Waals surface area contributed by atoms with Crippen molar-refractivity contribution in [1.29, 1.82) is 0 Å². The van der Waals surface area contributed by atoms with Crippen molar-refractivity contribution in [3.8, 4) is 23.0 Å². The van der Waals surface area contributed by atoms with E-state index in [2.05, 4.69) is 31.7 Å². The molecule has 3 aromatic rings. The van der Waals surface area contributed by atoms with E-state index in [0.29, 0.717) is 12.3 Å². The molecule has 1 unspecified atom stereocenters. The molecule has 0 amide bonds. The monoisotopic (exact) mass is 531 g/mol. The van der Waals surface area contributed by atoms with Gasteiger partial charge in [0.05, 0.1) is 0 Å². The molecule has 7 heteroatoms. The van der Waals surface area contributed by atoms with Gasteiger partial charge in [-0.2, -0.15) is 0 Å². The van der Waals surface area contributed by atoms with Crippen LogP contribution < -0.4 is 14.2 Å². The number of hydrogen-bond donors (Lipinski definition) is 1. The topological polar surface area (TPSA) is 77.5 Å². The molecule has 1 N–H and O–H groups in total. The molecule has 206 valence electrons. The van der Waals surface area contributed by atoms with Gasteiger partial charge < -0.3 is 29.0 Å². The van der Waals surface area contributed by atoms with E-state index < -0.39 is 0 Å². The second-order valence-electron chi connectivity index (χ2n) is 9.37. The number of phenols is 1. The highest BCUT2D eigenvalue weighted by atomic mass is 16.7. The molecule has 39 heavy (non-hydrogen) atoms. The van der Waals surface area contributed by atoms with Crippen LogP contribution in [0.5, 0.6) is 23.0 Å². The molecular formula is C32H37NO6. The predicted molar refractivity (Wildman–Crippen MR) is 152 cm³/mol. The summed E-state index contributed by atoms with van der Waals surface area (Å²) in [7, 11) is 0. The summed E-state index contributed by atoms with van der Waals surface area (Å²) < 4.78 is 22.7. The largest absolute Gasteiger partial charge is 0.508 e. The van der Waals surface area contributed by atoms with Crippen molar-refractivity contribution in [1.82, 2.24) is 4.90 Å². The maximum Gasteiger partial charge on any atom is 0.303 e. The summed E-state index contributed by atoms with van der Waals surface area (Å²) in [5, 5.41) is 9.91. The Kier molecular flexibility index (Phi) is 9.49. The van der Waals surface area contributed by atoms with Crippen molar-refractivity contribution in [2.24, 2.45) is 0 Å². The van der Waals surface area contributed by atoms with Crippen LogP contribution in [-0.2, 0) is 9.53 Å². The normalized spacial score (nSPS) is 13.7. The van der Waals surface area contributed by atoms with Gasteiger partial charge in [-0.05, 0) is 83.7 Å². The molecule has 0 aromatic heterocycles. The van der Waals surface area contributed by atoms with Gasteiger partial charge in [-0.15, -0.1) is 0 Å². The maximum atomic E-state index is 11.6. The molecule has 0 saturated carbocycles. The molecule has 1 heterocycles. The summed E-state index contributed by atoms with van der Waals surface area (Å²) >= 11 is 0. The number of allylic oxidation sites excluding steroid dienone is 1. The first-order chi connectivity index (χ1) is 18.9. The van der Waals surface area contributed by atoms with Crippen LogP contribution in [0.25, 0.3) is 11.1 Å². The zero-order valence-corrected chi connectivity index (χ0v) is 23.1. The summed E-state index contributed by atoms with van der Waals surface area (Å²) in [5.74, 6) is 2.08. The van der Waals surface area contributed by atoms with Crippen LogP contribution in [0.15, 0.2) is 66.7 Å². The van der Waals surface area contributed by atoms with Crippen molar-refractivity contribution in [3.63, 3.8) is 0 Å². The number of carbonyl (C=O) groups excluding carboxylic acids is 1. The molecule has 1 aliphatic rings. The fourth-order valence-corrected chi connectivity index (χ4v) is 4.79. The first-order valence-electron chi connectivity index (χ1n) is 13.5. The second kappa shape index (κ2) is 13.2. The molecule has 0 spiro atoms. The van der Waals surface area contributed by atoms with Crippen LogP contribution in [0.1, 0.15) is 50.8 Å². The van der Waals surface area contributed by atoms with Gasteiger partial charge in [0, 0.05) is 13.5 Å². The fraction of sp³-hybridized carbons (Fsp3) is 0.344. The molecule has 0 saturated heterocycles. The number of ether oxygens (including phenoxy) is 4. The van der Waals surface area contributed by atoms with Crippen molar-refractivity contribution < 1.29 is 28.8 Å². The van der Waals surface area contributed by atoms with E-state index >= 15 is 0 Å². The fourth-order valence-electron chi connectivity index (χ4n) is 4.79. The number of rotatable bonds is 12. The standard InChI is InChI=1S/C32H37NO6/c1-5-29(25-12-17-30-31(18-25)38-21-37-30)32(23-8-13-26(35)14-9-23)24-10-15-27(16-11-24)36-20-28(39-22(4)34)19-33(6-2)7-3/h8-18,28,35H,5-7,19-21H2,1-4H3/b32-29-. The minimum atomic E-state index is -0.354. The highest BCUT2D eigenvalue weighted by Crippen LogP contribution is 2.40. The Labute approximate surface area is 230 Å². The van der Waals surface area contributed by atoms with Crippen LogP contribution in [-0.4, -0.2) is 55.1 Å². The van der Waals surface area contributed by atoms with Gasteiger partial charge in [-0.1, -0.05) is 51.1 Å². The number of fused-ring (bicyclic) bond motifs is 1. The van der Waals surface area contributed by atoms with E-state index in [1.165, 1.54) is 6.92 Å².